The fraction of sp³-hybridized carbons (Fsp3) is 0.910. The molecule has 0 saturated heterocycles. The number of allylic oxidation sites excluding steroid dienone is 5. The second-order valence-corrected chi connectivity index (χ2v) is 30.2. The van der Waals surface area contributed by atoms with Crippen molar-refractivity contribution in [3.63, 3.8) is 0 Å². The van der Waals surface area contributed by atoms with Crippen LogP contribution in [0.3, 0.4) is 0 Å². The number of aliphatic hydroxyl groups is 2. The van der Waals surface area contributed by atoms with Crippen molar-refractivity contribution in [2.45, 2.75) is 508 Å². The van der Waals surface area contributed by atoms with Crippen LogP contribution in [-0.4, -0.2) is 47.4 Å². The largest absolute Gasteiger partial charge is 0.466 e. The first-order valence-electron chi connectivity index (χ1n) is 43.8. The average molecular weight is 1340 g/mol. The molecule has 3 N–H and O–H groups in total. The molecule has 1 amide bonds. The van der Waals surface area contributed by atoms with Crippen LogP contribution in [-0.2, 0) is 14.3 Å². The Balaban J connectivity index is 3.31. The molecule has 0 saturated carbocycles. The summed E-state index contributed by atoms with van der Waals surface area (Å²) in [5, 5.41) is 23.3. The van der Waals surface area contributed by atoms with Gasteiger partial charge < -0.3 is 20.3 Å². The number of hydrogen-bond acceptors (Lipinski definition) is 5. The molecule has 562 valence electrons. The van der Waals surface area contributed by atoms with E-state index in [9.17, 15) is 19.8 Å². The summed E-state index contributed by atoms with van der Waals surface area (Å²) in [4.78, 5) is 24.7. The van der Waals surface area contributed by atoms with Crippen LogP contribution in [0.15, 0.2) is 36.5 Å². The van der Waals surface area contributed by atoms with Crippen molar-refractivity contribution < 1.29 is 24.5 Å². The summed E-state index contributed by atoms with van der Waals surface area (Å²) in [6, 6.07) is -0.624. The van der Waals surface area contributed by atoms with Gasteiger partial charge in [0.15, 0.2) is 0 Å². The lowest BCUT2D eigenvalue weighted by Crippen LogP contribution is -2.45. The van der Waals surface area contributed by atoms with Crippen LogP contribution in [0, 0.1) is 0 Å². The molecule has 0 aliphatic heterocycles. The number of nitrogens with one attached hydrogen (secondary N) is 1. The summed E-state index contributed by atoms with van der Waals surface area (Å²) < 4.78 is 5.52. The van der Waals surface area contributed by atoms with E-state index in [-0.39, 0.29) is 18.5 Å². The minimum Gasteiger partial charge on any atom is -0.466 e. The minimum absolute atomic E-state index is 0.0174. The van der Waals surface area contributed by atoms with Crippen LogP contribution >= 0.6 is 0 Å². The maximum absolute atomic E-state index is 12.6. The number of carbonyl (C=O) groups is 2. The third kappa shape index (κ3) is 80.9. The molecule has 0 aromatic rings. The van der Waals surface area contributed by atoms with Gasteiger partial charge in [0.1, 0.15) is 0 Å². The van der Waals surface area contributed by atoms with Crippen LogP contribution < -0.4 is 5.32 Å². The summed E-state index contributed by atoms with van der Waals surface area (Å²) in [7, 11) is 0. The van der Waals surface area contributed by atoms with Gasteiger partial charge in [-0.15, -0.1) is 0 Å². The van der Waals surface area contributed by atoms with Crippen LogP contribution in [0.5, 0.6) is 0 Å². The molecule has 95 heavy (non-hydrogen) atoms. The average Bonchev–Trinajstić information content (AvgIpc) is 2.99. The Morgan fingerprint density at radius 3 is 0.811 bits per heavy atom. The number of hydrogen-bond donors (Lipinski definition) is 3. The van der Waals surface area contributed by atoms with E-state index in [4.69, 9.17) is 4.74 Å². The summed E-state index contributed by atoms with van der Waals surface area (Å²) in [6.07, 6.45) is 112. The lowest BCUT2D eigenvalue weighted by molar-refractivity contribution is -0.143. The Hall–Kier alpha value is -1.92. The number of aliphatic hydroxyl groups excluding tert-OH is 2. The van der Waals surface area contributed by atoms with Gasteiger partial charge in [0.25, 0.3) is 0 Å². The Morgan fingerprint density at radius 1 is 0.295 bits per heavy atom. The summed E-state index contributed by atoms with van der Waals surface area (Å²) in [5.74, 6) is -0.0394. The molecule has 0 aliphatic rings. The number of unbranched alkanes of at least 4 members (excludes halogenated alkanes) is 68. The van der Waals surface area contributed by atoms with Gasteiger partial charge >= 0.3 is 5.97 Å². The van der Waals surface area contributed by atoms with Gasteiger partial charge in [-0.25, -0.2) is 0 Å². The summed E-state index contributed by atoms with van der Waals surface area (Å²) in [6.45, 7) is 4.94. The Labute approximate surface area is 595 Å². The summed E-state index contributed by atoms with van der Waals surface area (Å²) >= 11 is 0. The van der Waals surface area contributed by atoms with Crippen molar-refractivity contribution in [2.24, 2.45) is 0 Å². The van der Waals surface area contributed by atoms with Gasteiger partial charge in [0.05, 0.1) is 25.4 Å². The molecule has 0 radical (unpaired) electrons. The molecule has 0 fully saturated rings. The van der Waals surface area contributed by atoms with Crippen LogP contribution in [0.25, 0.3) is 0 Å². The van der Waals surface area contributed by atoms with E-state index in [1.165, 1.54) is 417 Å². The minimum atomic E-state index is -0.841. The highest BCUT2D eigenvalue weighted by molar-refractivity contribution is 5.76. The topological polar surface area (TPSA) is 95.9 Å². The molecular formula is C89H171NO5. The van der Waals surface area contributed by atoms with E-state index in [2.05, 4.69) is 43.5 Å². The maximum atomic E-state index is 12.6. The van der Waals surface area contributed by atoms with E-state index >= 15 is 0 Å². The second-order valence-electron chi connectivity index (χ2n) is 30.2. The Kier molecular flexibility index (Phi) is 82.8. The smallest absolute Gasteiger partial charge is 0.305 e. The van der Waals surface area contributed by atoms with Crippen molar-refractivity contribution in [3.8, 4) is 0 Å². The quantitative estimate of drug-likeness (QED) is 0.0320. The van der Waals surface area contributed by atoms with Gasteiger partial charge in [-0.1, -0.05) is 455 Å². The monoisotopic (exact) mass is 1330 g/mol. The van der Waals surface area contributed by atoms with Gasteiger partial charge in [-0.3, -0.25) is 9.59 Å². The van der Waals surface area contributed by atoms with Crippen molar-refractivity contribution in [2.75, 3.05) is 13.2 Å². The molecule has 6 nitrogen and oxygen atoms in total. The molecule has 0 bridgehead atoms. The molecular weight excluding hydrogens is 1160 g/mol. The van der Waals surface area contributed by atoms with Gasteiger partial charge in [0, 0.05) is 12.8 Å². The number of amides is 1. The fourth-order valence-electron chi connectivity index (χ4n) is 14.0. The first-order chi connectivity index (χ1) is 47.0. The molecule has 0 aromatic carbocycles. The van der Waals surface area contributed by atoms with E-state index in [0.717, 1.165) is 51.4 Å². The number of ether oxygens (including phenoxy) is 1. The third-order valence-electron chi connectivity index (χ3n) is 20.7. The molecule has 0 rings (SSSR count). The van der Waals surface area contributed by atoms with Crippen molar-refractivity contribution in [1.82, 2.24) is 5.32 Å². The SMILES string of the molecule is CCCCCC/C=C\C/C=C\CCCCCCCCCC(=O)OCCCCCCCCCCCCCCCCCCCCCCCCCCCCCCCCCCCCCCCCCC(=O)NC(CO)C(O)/C=C/CCCCCCCCCCCCCCCCCCCCC. The zero-order valence-corrected chi connectivity index (χ0v) is 64.7. The summed E-state index contributed by atoms with van der Waals surface area (Å²) in [5.41, 5.74) is 0. The van der Waals surface area contributed by atoms with E-state index in [1.807, 2.05) is 6.08 Å². The zero-order valence-electron chi connectivity index (χ0n) is 64.7. The van der Waals surface area contributed by atoms with E-state index in [1.54, 1.807) is 6.08 Å². The van der Waals surface area contributed by atoms with Gasteiger partial charge in [-0.05, 0) is 64.2 Å². The lowest BCUT2D eigenvalue weighted by atomic mass is 10.0. The van der Waals surface area contributed by atoms with Crippen LogP contribution in [0.2, 0.25) is 0 Å². The zero-order chi connectivity index (χ0) is 68.4. The van der Waals surface area contributed by atoms with Crippen LogP contribution in [0.1, 0.15) is 495 Å². The fourth-order valence-corrected chi connectivity index (χ4v) is 14.0. The first kappa shape index (κ1) is 93.1. The second kappa shape index (κ2) is 84.5. The Morgan fingerprint density at radius 2 is 0.526 bits per heavy atom. The molecule has 0 aliphatic carbocycles. The predicted octanol–water partition coefficient (Wildman–Crippen LogP) is 29.3. The van der Waals surface area contributed by atoms with Crippen LogP contribution in [0.4, 0.5) is 0 Å². The number of rotatable bonds is 83. The standard InChI is InChI=1S/C89H171NO5/c1-3-5-7-9-11-13-15-17-19-21-23-43-46-49-53-57-61-65-69-73-77-81-87(92)86(85-91)90-88(93)82-78-74-70-66-62-58-54-50-47-44-41-39-37-35-33-31-29-27-25-24-26-28-30-32-34-36-38-40-42-45-48-52-56-60-64-68-72-76-80-84-95-89(94)83-79-75-71-67-63-59-55-51-22-20-18-16-14-12-10-8-6-4-2/h14,16,20,22,77,81,86-87,91-92H,3-13,15,17-19,21,23-76,78-80,82-85H2,1-2H3,(H,90,93)/b16-14-,22-20-,81-77+. The molecule has 2 atom stereocenters. The highest BCUT2D eigenvalue weighted by atomic mass is 16.5. The number of esters is 1. The molecule has 0 spiro atoms. The van der Waals surface area contributed by atoms with Crippen molar-refractivity contribution >= 4 is 11.9 Å². The molecule has 0 aromatic heterocycles. The van der Waals surface area contributed by atoms with Gasteiger partial charge in [0.2, 0.25) is 5.91 Å². The molecule has 2 unspecified atom stereocenters. The van der Waals surface area contributed by atoms with Crippen molar-refractivity contribution in [3.05, 3.63) is 36.5 Å². The normalized spacial score (nSPS) is 12.6. The highest BCUT2D eigenvalue weighted by Gasteiger charge is 2.18. The van der Waals surface area contributed by atoms with E-state index < -0.39 is 12.1 Å². The highest BCUT2D eigenvalue weighted by Crippen LogP contribution is 2.21. The molecule has 6 heteroatoms. The lowest BCUT2D eigenvalue weighted by Gasteiger charge is -2.20. The number of carbonyl (C=O) groups excluding carboxylic acids is 2. The first-order valence-corrected chi connectivity index (χ1v) is 43.8. The van der Waals surface area contributed by atoms with E-state index in [0.29, 0.717) is 19.4 Å². The molecule has 0 heterocycles. The van der Waals surface area contributed by atoms with Gasteiger partial charge in [-0.2, -0.15) is 0 Å². The third-order valence-corrected chi connectivity index (χ3v) is 20.7. The Bertz CT molecular complexity index is 1540. The van der Waals surface area contributed by atoms with Crippen molar-refractivity contribution in [1.29, 1.82) is 0 Å². The predicted molar refractivity (Wildman–Crippen MR) is 421 cm³/mol. The maximum Gasteiger partial charge on any atom is 0.305 e.